The molecule has 2 heterocycles. The number of carbonyl (C=O) groups excluding carboxylic acids is 1. The predicted molar refractivity (Wildman–Crippen MR) is 67.6 cm³/mol. The molecule has 0 saturated carbocycles. The highest BCUT2D eigenvalue weighted by molar-refractivity contribution is 5.98. The molecule has 1 aliphatic heterocycles. The van der Waals surface area contributed by atoms with E-state index in [1.54, 1.807) is 0 Å². The van der Waals surface area contributed by atoms with E-state index in [4.69, 9.17) is 0 Å². The van der Waals surface area contributed by atoms with Gasteiger partial charge in [0.15, 0.2) is 5.78 Å². The van der Waals surface area contributed by atoms with Crippen LogP contribution in [-0.4, -0.2) is 35.4 Å². The van der Waals surface area contributed by atoms with Gasteiger partial charge in [-0.3, -0.25) is 4.79 Å². The third kappa shape index (κ3) is 1.73. The lowest BCUT2D eigenvalue weighted by atomic mass is 9.96. The highest BCUT2D eigenvalue weighted by Crippen LogP contribution is 2.31. The highest BCUT2D eigenvalue weighted by atomic mass is 16.1. The van der Waals surface area contributed by atoms with Crippen LogP contribution in [0.3, 0.4) is 0 Å². The zero-order valence-electron chi connectivity index (χ0n) is 10.7. The predicted octanol–water partition coefficient (Wildman–Crippen LogP) is 2.19. The molecule has 3 heteroatoms. The van der Waals surface area contributed by atoms with Crippen molar-refractivity contribution < 1.29 is 4.79 Å². The van der Waals surface area contributed by atoms with Crippen molar-refractivity contribution >= 4 is 5.78 Å². The molecule has 0 bridgehead atoms. The normalized spacial score (nSPS) is 25.3. The Labute approximate surface area is 102 Å². The van der Waals surface area contributed by atoms with Crippen LogP contribution in [0.5, 0.6) is 0 Å². The minimum atomic E-state index is 0.347. The van der Waals surface area contributed by atoms with Crippen molar-refractivity contribution in [2.75, 3.05) is 20.1 Å². The summed E-state index contributed by atoms with van der Waals surface area (Å²) in [5.74, 6) is 0.347. The Morgan fingerprint density at radius 3 is 2.88 bits per heavy atom. The molecule has 0 amide bonds. The largest absolute Gasteiger partial charge is 0.344 e. The van der Waals surface area contributed by atoms with Crippen LogP contribution in [-0.2, 0) is 6.42 Å². The first kappa shape index (κ1) is 11.0. The number of fused-ring (bicyclic) bond motifs is 1. The fourth-order valence-electron chi connectivity index (χ4n) is 3.38. The maximum Gasteiger partial charge on any atom is 0.164 e. The maximum atomic E-state index is 11.9. The van der Waals surface area contributed by atoms with Crippen LogP contribution in [0.4, 0.5) is 0 Å². The van der Waals surface area contributed by atoms with E-state index in [1.165, 1.54) is 24.4 Å². The van der Waals surface area contributed by atoms with Gasteiger partial charge in [-0.15, -0.1) is 0 Å². The molecule has 0 radical (unpaired) electrons. The van der Waals surface area contributed by atoms with Crippen molar-refractivity contribution in [1.29, 1.82) is 0 Å². The van der Waals surface area contributed by atoms with Crippen molar-refractivity contribution in [2.45, 2.75) is 38.6 Å². The van der Waals surface area contributed by atoms with E-state index in [0.717, 1.165) is 31.4 Å². The number of hydrogen-bond acceptors (Lipinski definition) is 2. The quantitative estimate of drug-likeness (QED) is 0.741. The van der Waals surface area contributed by atoms with E-state index in [2.05, 4.69) is 29.5 Å². The van der Waals surface area contributed by atoms with Crippen molar-refractivity contribution in [3.05, 3.63) is 23.0 Å². The van der Waals surface area contributed by atoms with E-state index in [0.29, 0.717) is 11.8 Å². The number of carbonyl (C=O) groups is 1. The molecule has 1 saturated heterocycles. The first-order chi connectivity index (χ1) is 8.16. The lowest BCUT2D eigenvalue weighted by molar-refractivity contribution is 0.0971. The molecule has 0 spiro atoms. The Morgan fingerprint density at radius 2 is 2.18 bits per heavy atom. The van der Waals surface area contributed by atoms with Gasteiger partial charge in [-0.2, -0.15) is 0 Å². The van der Waals surface area contributed by atoms with E-state index in [-0.39, 0.29) is 0 Å². The smallest absolute Gasteiger partial charge is 0.164 e. The second-order valence-corrected chi connectivity index (χ2v) is 5.50. The summed E-state index contributed by atoms with van der Waals surface area (Å²) in [4.78, 5) is 14.3. The van der Waals surface area contributed by atoms with Gasteiger partial charge in [0.2, 0.25) is 0 Å². The van der Waals surface area contributed by atoms with Gasteiger partial charge in [0.05, 0.1) is 0 Å². The lowest BCUT2D eigenvalue weighted by Gasteiger charge is -2.21. The third-order valence-electron chi connectivity index (χ3n) is 4.18. The Bertz CT molecular complexity index is 461. The number of rotatable bonds is 1. The monoisotopic (exact) mass is 232 g/mol. The SMILES string of the molecule is Cc1cc2c(n1C1CCN(C)C1)CCCC2=O. The second kappa shape index (κ2) is 3.98. The van der Waals surface area contributed by atoms with Gasteiger partial charge < -0.3 is 9.47 Å². The summed E-state index contributed by atoms with van der Waals surface area (Å²) in [5, 5.41) is 0. The molecule has 1 fully saturated rings. The van der Waals surface area contributed by atoms with Gasteiger partial charge >= 0.3 is 0 Å². The first-order valence-corrected chi connectivity index (χ1v) is 6.59. The van der Waals surface area contributed by atoms with E-state index in [1.807, 2.05) is 0 Å². The fraction of sp³-hybridized carbons (Fsp3) is 0.643. The Balaban J connectivity index is 2.02. The first-order valence-electron chi connectivity index (χ1n) is 6.59. The summed E-state index contributed by atoms with van der Waals surface area (Å²) in [6, 6.07) is 2.68. The number of hydrogen-bond donors (Lipinski definition) is 0. The molecule has 1 aliphatic carbocycles. The number of aryl methyl sites for hydroxylation is 1. The average Bonchev–Trinajstić information content (AvgIpc) is 2.82. The topological polar surface area (TPSA) is 25.2 Å². The molecule has 1 aromatic heterocycles. The van der Waals surface area contributed by atoms with Crippen LogP contribution in [0.15, 0.2) is 6.07 Å². The zero-order chi connectivity index (χ0) is 12.0. The van der Waals surface area contributed by atoms with Gasteiger partial charge in [0.25, 0.3) is 0 Å². The van der Waals surface area contributed by atoms with Gasteiger partial charge in [0, 0.05) is 36.0 Å². The number of likely N-dealkylation sites (N-methyl/N-ethyl adjacent to an activating group) is 1. The van der Waals surface area contributed by atoms with Crippen molar-refractivity contribution in [3.63, 3.8) is 0 Å². The molecule has 92 valence electrons. The molecule has 1 aromatic rings. The number of nitrogens with zero attached hydrogens (tertiary/aromatic N) is 2. The lowest BCUT2D eigenvalue weighted by Crippen LogP contribution is -2.20. The zero-order valence-corrected chi connectivity index (χ0v) is 10.7. The molecule has 2 aliphatic rings. The van der Waals surface area contributed by atoms with Crippen LogP contribution in [0.25, 0.3) is 0 Å². The summed E-state index contributed by atoms with van der Waals surface area (Å²) in [5.41, 5.74) is 3.58. The van der Waals surface area contributed by atoms with Crippen LogP contribution < -0.4 is 0 Å². The highest BCUT2D eigenvalue weighted by Gasteiger charge is 2.28. The number of ketones is 1. The molecule has 0 aromatic carbocycles. The summed E-state index contributed by atoms with van der Waals surface area (Å²) < 4.78 is 2.44. The standard InChI is InChI=1S/C14H20N2O/c1-10-8-12-13(4-3-5-14(12)17)16(10)11-6-7-15(2)9-11/h8,11H,3-7,9H2,1-2H3. The molecule has 1 unspecified atom stereocenters. The van der Waals surface area contributed by atoms with Crippen LogP contribution in [0.1, 0.15) is 47.1 Å². The molecular formula is C14H20N2O. The fourth-order valence-corrected chi connectivity index (χ4v) is 3.38. The molecule has 3 nitrogen and oxygen atoms in total. The molecule has 0 N–H and O–H groups in total. The number of Topliss-reactive ketones (excluding diaryl/α,β-unsaturated/α-hetero) is 1. The van der Waals surface area contributed by atoms with Crippen LogP contribution in [0.2, 0.25) is 0 Å². The second-order valence-electron chi connectivity index (χ2n) is 5.50. The minimum absolute atomic E-state index is 0.347. The van der Waals surface area contributed by atoms with Crippen LogP contribution in [0, 0.1) is 6.92 Å². The third-order valence-corrected chi connectivity index (χ3v) is 4.18. The van der Waals surface area contributed by atoms with Crippen molar-refractivity contribution in [3.8, 4) is 0 Å². The van der Waals surface area contributed by atoms with E-state index >= 15 is 0 Å². The Hall–Kier alpha value is -1.09. The van der Waals surface area contributed by atoms with E-state index < -0.39 is 0 Å². The Morgan fingerprint density at radius 1 is 1.35 bits per heavy atom. The molecule has 1 atom stereocenters. The Kier molecular flexibility index (Phi) is 2.58. The average molecular weight is 232 g/mol. The van der Waals surface area contributed by atoms with Crippen molar-refractivity contribution in [1.82, 2.24) is 9.47 Å². The molecule has 3 rings (SSSR count). The van der Waals surface area contributed by atoms with Gasteiger partial charge in [0.1, 0.15) is 0 Å². The van der Waals surface area contributed by atoms with E-state index in [9.17, 15) is 4.79 Å². The number of likely N-dealkylation sites (tertiary alicyclic amines) is 1. The van der Waals surface area contributed by atoms with Crippen molar-refractivity contribution in [2.24, 2.45) is 0 Å². The number of aromatic nitrogens is 1. The van der Waals surface area contributed by atoms with Gasteiger partial charge in [-0.05, 0) is 45.8 Å². The summed E-state index contributed by atoms with van der Waals surface area (Å²) >= 11 is 0. The minimum Gasteiger partial charge on any atom is -0.344 e. The summed E-state index contributed by atoms with van der Waals surface area (Å²) in [6.07, 6.45) is 4.06. The van der Waals surface area contributed by atoms with Gasteiger partial charge in [-0.25, -0.2) is 0 Å². The van der Waals surface area contributed by atoms with Gasteiger partial charge in [-0.1, -0.05) is 0 Å². The molecule has 17 heavy (non-hydrogen) atoms. The maximum absolute atomic E-state index is 11.9. The molecular weight excluding hydrogens is 212 g/mol. The summed E-state index contributed by atoms with van der Waals surface area (Å²) in [7, 11) is 2.18. The summed E-state index contributed by atoms with van der Waals surface area (Å²) in [6.45, 7) is 4.44. The van der Waals surface area contributed by atoms with Crippen LogP contribution >= 0.6 is 0 Å².